The third kappa shape index (κ3) is 2.95. The fraction of sp³-hybridized carbons (Fsp3) is 0.294. The largest absolute Gasteiger partial charge is 0.298 e. The van der Waals surface area contributed by atoms with E-state index in [2.05, 4.69) is 71.6 Å². The van der Waals surface area contributed by atoms with E-state index in [1.807, 2.05) is 18.2 Å². The molecule has 1 aliphatic rings. The van der Waals surface area contributed by atoms with Crippen LogP contribution in [0.25, 0.3) is 5.57 Å². The quantitative estimate of drug-likeness (QED) is 0.873. The molecule has 0 aliphatic heterocycles. The summed E-state index contributed by atoms with van der Waals surface area (Å²) in [4.78, 5) is 0. The Kier molecular flexibility index (Phi) is 3.97. The van der Waals surface area contributed by atoms with Gasteiger partial charge in [-0.3, -0.25) is 4.57 Å². The SMILES string of the molecule is CC1C=CC(c2nnc(S)n2Cc2ccccc2)=CC1C. The number of benzene rings is 1. The molecule has 0 fully saturated rings. The minimum Gasteiger partial charge on any atom is -0.298 e. The van der Waals surface area contributed by atoms with Gasteiger partial charge in [-0.2, -0.15) is 0 Å². The monoisotopic (exact) mass is 297 g/mol. The highest BCUT2D eigenvalue weighted by Gasteiger charge is 2.18. The number of allylic oxidation sites excluding steroid dienone is 4. The molecule has 0 bridgehead atoms. The number of nitrogens with zero attached hydrogens (tertiary/aromatic N) is 3. The van der Waals surface area contributed by atoms with Gasteiger partial charge in [0.25, 0.3) is 0 Å². The number of hydrogen-bond donors (Lipinski definition) is 1. The van der Waals surface area contributed by atoms with Crippen LogP contribution in [0.5, 0.6) is 0 Å². The molecule has 0 N–H and O–H groups in total. The standard InChI is InChI=1S/C17H19N3S/c1-12-8-9-15(10-13(12)2)16-18-19-17(21)20(16)11-14-6-4-3-5-7-14/h3-10,12-13H,11H2,1-2H3,(H,19,21). The summed E-state index contributed by atoms with van der Waals surface area (Å²) in [7, 11) is 0. The minimum atomic E-state index is 0.509. The van der Waals surface area contributed by atoms with Crippen molar-refractivity contribution in [2.24, 2.45) is 11.8 Å². The highest BCUT2D eigenvalue weighted by Crippen LogP contribution is 2.28. The van der Waals surface area contributed by atoms with Crippen LogP contribution in [0.2, 0.25) is 0 Å². The molecule has 0 radical (unpaired) electrons. The fourth-order valence-electron chi connectivity index (χ4n) is 2.49. The Bertz CT molecular complexity index is 685. The van der Waals surface area contributed by atoms with Gasteiger partial charge in [0.15, 0.2) is 11.0 Å². The molecular formula is C17H19N3S. The number of thiol groups is 1. The minimum absolute atomic E-state index is 0.509. The maximum atomic E-state index is 4.45. The molecule has 3 rings (SSSR count). The fourth-order valence-corrected chi connectivity index (χ4v) is 2.70. The van der Waals surface area contributed by atoms with Gasteiger partial charge >= 0.3 is 0 Å². The first kappa shape index (κ1) is 14.1. The van der Waals surface area contributed by atoms with Crippen molar-refractivity contribution < 1.29 is 0 Å². The van der Waals surface area contributed by atoms with E-state index in [1.165, 1.54) is 5.56 Å². The van der Waals surface area contributed by atoms with E-state index in [4.69, 9.17) is 0 Å². The van der Waals surface area contributed by atoms with Gasteiger partial charge in [-0.25, -0.2) is 0 Å². The first-order valence-electron chi connectivity index (χ1n) is 7.21. The second-order valence-corrected chi connectivity index (χ2v) is 5.99. The lowest BCUT2D eigenvalue weighted by atomic mass is 9.88. The number of rotatable bonds is 3. The highest BCUT2D eigenvalue weighted by molar-refractivity contribution is 7.80. The zero-order valence-corrected chi connectivity index (χ0v) is 13.2. The topological polar surface area (TPSA) is 30.7 Å². The lowest BCUT2D eigenvalue weighted by molar-refractivity contribution is 0.553. The Labute approximate surface area is 130 Å². The molecule has 4 heteroatoms. The molecule has 2 aromatic rings. The van der Waals surface area contributed by atoms with Crippen LogP contribution in [-0.2, 0) is 6.54 Å². The van der Waals surface area contributed by atoms with Gasteiger partial charge in [0.05, 0.1) is 6.54 Å². The zero-order valence-electron chi connectivity index (χ0n) is 12.3. The van der Waals surface area contributed by atoms with Gasteiger partial charge in [-0.15, -0.1) is 22.8 Å². The third-order valence-electron chi connectivity index (χ3n) is 4.02. The first-order chi connectivity index (χ1) is 10.1. The van der Waals surface area contributed by atoms with Crippen LogP contribution in [0.4, 0.5) is 0 Å². The smallest absolute Gasteiger partial charge is 0.188 e. The highest BCUT2D eigenvalue weighted by atomic mass is 32.1. The van der Waals surface area contributed by atoms with E-state index in [0.717, 1.165) is 17.9 Å². The summed E-state index contributed by atoms with van der Waals surface area (Å²) in [6.07, 6.45) is 6.65. The average Bonchev–Trinajstić information content (AvgIpc) is 2.85. The van der Waals surface area contributed by atoms with Gasteiger partial charge in [-0.05, 0) is 17.4 Å². The molecule has 1 aromatic carbocycles. The van der Waals surface area contributed by atoms with Crippen molar-refractivity contribution in [3.05, 3.63) is 59.9 Å². The van der Waals surface area contributed by atoms with Crippen LogP contribution < -0.4 is 0 Å². The van der Waals surface area contributed by atoms with Crippen LogP contribution in [0, 0.1) is 11.8 Å². The van der Waals surface area contributed by atoms with Crippen LogP contribution in [-0.4, -0.2) is 14.8 Å². The summed E-state index contributed by atoms with van der Waals surface area (Å²) in [6, 6.07) is 10.3. The van der Waals surface area contributed by atoms with Crippen LogP contribution in [0.1, 0.15) is 25.2 Å². The Balaban J connectivity index is 1.95. The average molecular weight is 297 g/mol. The molecule has 0 spiro atoms. The summed E-state index contributed by atoms with van der Waals surface area (Å²) in [6.45, 7) is 5.19. The Morgan fingerprint density at radius 2 is 1.86 bits per heavy atom. The molecule has 0 amide bonds. The predicted molar refractivity (Wildman–Crippen MR) is 88.3 cm³/mol. The van der Waals surface area contributed by atoms with Crippen LogP contribution in [0.3, 0.4) is 0 Å². The summed E-state index contributed by atoms with van der Waals surface area (Å²) >= 11 is 4.45. The zero-order chi connectivity index (χ0) is 14.8. The van der Waals surface area contributed by atoms with E-state index in [1.54, 1.807) is 0 Å². The molecule has 1 aliphatic carbocycles. The molecule has 21 heavy (non-hydrogen) atoms. The molecule has 1 heterocycles. The Morgan fingerprint density at radius 3 is 2.57 bits per heavy atom. The predicted octanol–water partition coefficient (Wildman–Crippen LogP) is 3.84. The molecule has 108 valence electrons. The molecule has 2 atom stereocenters. The second kappa shape index (κ2) is 5.90. The molecule has 1 aromatic heterocycles. The van der Waals surface area contributed by atoms with Crippen molar-refractivity contribution in [2.45, 2.75) is 25.5 Å². The van der Waals surface area contributed by atoms with E-state index >= 15 is 0 Å². The molecule has 2 unspecified atom stereocenters. The van der Waals surface area contributed by atoms with Crippen molar-refractivity contribution in [1.29, 1.82) is 0 Å². The van der Waals surface area contributed by atoms with Crippen molar-refractivity contribution in [2.75, 3.05) is 0 Å². The lowest BCUT2D eigenvalue weighted by Gasteiger charge is -2.19. The number of aromatic nitrogens is 3. The summed E-state index contributed by atoms with van der Waals surface area (Å²) in [5.41, 5.74) is 2.35. The van der Waals surface area contributed by atoms with Gasteiger partial charge in [0.1, 0.15) is 0 Å². The van der Waals surface area contributed by atoms with Crippen molar-refractivity contribution in [1.82, 2.24) is 14.8 Å². The van der Waals surface area contributed by atoms with E-state index in [0.29, 0.717) is 17.0 Å². The van der Waals surface area contributed by atoms with E-state index < -0.39 is 0 Å². The number of hydrogen-bond acceptors (Lipinski definition) is 3. The Hall–Kier alpha value is -1.81. The van der Waals surface area contributed by atoms with Crippen LogP contribution >= 0.6 is 12.6 Å². The van der Waals surface area contributed by atoms with E-state index in [9.17, 15) is 0 Å². The summed E-state index contributed by atoms with van der Waals surface area (Å²) in [5.74, 6) is 1.96. The first-order valence-corrected chi connectivity index (χ1v) is 7.66. The van der Waals surface area contributed by atoms with Crippen molar-refractivity contribution >= 4 is 18.2 Å². The van der Waals surface area contributed by atoms with Gasteiger partial charge in [0, 0.05) is 5.57 Å². The maximum Gasteiger partial charge on any atom is 0.188 e. The molecule has 0 saturated heterocycles. The molecule has 0 saturated carbocycles. The van der Waals surface area contributed by atoms with Crippen LogP contribution in [0.15, 0.2) is 53.7 Å². The normalized spacial score (nSPS) is 21.4. The summed E-state index contributed by atoms with van der Waals surface area (Å²) < 4.78 is 2.05. The van der Waals surface area contributed by atoms with Gasteiger partial charge in [0.2, 0.25) is 0 Å². The van der Waals surface area contributed by atoms with Gasteiger partial charge in [-0.1, -0.05) is 62.4 Å². The van der Waals surface area contributed by atoms with E-state index in [-0.39, 0.29) is 0 Å². The second-order valence-electron chi connectivity index (χ2n) is 5.59. The molecular weight excluding hydrogens is 278 g/mol. The summed E-state index contributed by atoms with van der Waals surface area (Å²) in [5, 5.41) is 9.09. The van der Waals surface area contributed by atoms with Gasteiger partial charge < -0.3 is 0 Å². The molecule has 3 nitrogen and oxygen atoms in total. The third-order valence-corrected chi connectivity index (χ3v) is 4.35. The lowest BCUT2D eigenvalue weighted by Crippen LogP contribution is -2.10. The maximum absolute atomic E-state index is 4.45. The van der Waals surface area contributed by atoms with Crippen molar-refractivity contribution in [3.63, 3.8) is 0 Å². The Morgan fingerprint density at radius 1 is 1.10 bits per heavy atom. The van der Waals surface area contributed by atoms with Crippen molar-refractivity contribution in [3.8, 4) is 0 Å².